The minimum Gasteiger partial charge on any atom is -0.496 e. The van der Waals surface area contributed by atoms with Crippen LogP contribution in [0.2, 0.25) is 0 Å². The van der Waals surface area contributed by atoms with Crippen molar-refractivity contribution in [3.63, 3.8) is 0 Å². The van der Waals surface area contributed by atoms with Crippen molar-refractivity contribution in [3.8, 4) is 5.75 Å². The summed E-state index contributed by atoms with van der Waals surface area (Å²) in [4.78, 5) is 4.21. The molecule has 0 unspecified atom stereocenters. The zero-order chi connectivity index (χ0) is 9.14. The van der Waals surface area contributed by atoms with E-state index in [9.17, 15) is 0 Å². The Morgan fingerprint density at radius 3 is 2.67 bits per heavy atom. The van der Waals surface area contributed by atoms with Crippen molar-refractivity contribution >= 4 is 0 Å². The van der Waals surface area contributed by atoms with Gasteiger partial charge in [-0.3, -0.25) is 4.98 Å². The Labute approximate surface area is 72.0 Å². The summed E-state index contributed by atoms with van der Waals surface area (Å²) in [6.07, 6.45) is 0. The molecule has 66 valence electrons. The molecule has 1 aromatic heterocycles. The first-order valence-corrected chi connectivity index (χ1v) is 3.81. The number of hydrogen-bond donors (Lipinski definition) is 1. The van der Waals surface area contributed by atoms with Crippen molar-refractivity contribution in [1.29, 1.82) is 0 Å². The molecule has 0 spiro atoms. The number of nitrogens with zero attached hydrogens (tertiary/aromatic N) is 1. The summed E-state index contributed by atoms with van der Waals surface area (Å²) in [7, 11) is 1.59. The predicted molar refractivity (Wildman–Crippen MR) is 46.2 cm³/mol. The number of aromatic nitrogens is 1. The Hall–Kier alpha value is -1.09. The van der Waals surface area contributed by atoms with Gasteiger partial charge in [0.2, 0.25) is 0 Å². The van der Waals surface area contributed by atoms with Gasteiger partial charge >= 0.3 is 0 Å². The van der Waals surface area contributed by atoms with E-state index in [1.165, 1.54) is 0 Å². The van der Waals surface area contributed by atoms with Crippen LogP contribution in [-0.4, -0.2) is 17.2 Å². The molecule has 0 bridgehead atoms. The maximum atomic E-state index is 9.00. The van der Waals surface area contributed by atoms with Gasteiger partial charge in [-0.05, 0) is 13.8 Å². The van der Waals surface area contributed by atoms with Crippen molar-refractivity contribution in [1.82, 2.24) is 4.98 Å². The minimum absolute atomic E-state index is 0.0255. The number of pyridine rings is 1. The molecule has 0 saturated heterocycles. The first-order valence-electron chi connectivity index (χ1n) is 3.81. The van der Waals surface area contributed by atoms with Crippen molar-refractivity contribution in [2.45, 2.75) is 20.5 Å². The lowest BCUT2D eigenvalue weighted by Gasteiger charge is -2.09. The molecule has 1 N–H and O–H groups in total. The van der Waals surface area contributed by atoms with Crippen LogP contribution in [0.5, 0.6) is 5.75 Å². The summed E-state index contributed by atoms with van der Waals surface area (Å²) in [5.74, 6) is 0.711. The second kappa shape index (κ2) is 3.54. The number of ether oxygens (including phenoxy) is 1. The molecular formula is C9H13NO2. The maximum absolute atomic E-state index is 9.00. The highest BCUT2D eigenvalue weighted by molar-refractivity contribution is 5.37. The molecule has 1 aromatic rings. The lowest BCUT2D eigenvalue weighted by atomic mass is 10.2. The summed E-state index contributed by atoms with van der Waals surface area (Å²) in [6, 6.07) is 1.82. The minimum atomic E-state index is -0.0255. The number of hydrogen-bond acceptors (Lipinski definition) is 3. The van der Waals surface area contributed by atoms with E-state index in [1.54, 1.807) is 7.11 Å². The third kappa shape index (κ3) is 1.56. The smallest absolute Gasteiger partial charge is 0.127 e. The van der Waals surface area contributed by atoms with Crippen LogP contribution >= 0.6 is 0 Å². The van der Waals surface area contributed by atoms with Gasteiger partial charge in [-0.2, -0.15) is 0 Å². The molecule has 1 rings (SSSR count). The summed E-state index contributed by atoms with van der Waals surface area (Å²) in [5, 5.41) is 9.00. The highest BCUT2D eigenvalue weighted by Gasteiger charge is 2.06. The SMILES string of the molecule is COc1cc(C)nc(C)c1CO. The van der Waals surface area contributed by atoms with E-state index >= 15 is 0 Å². The number of aliphatic hydroxyl groups is 1. The molecule has 1 heterocycles. The topological polar surface area (TPSA) is 42.4 Å². The van der Waals surface area contributed by atoms with Crippen LogP contribution in [0, 0.1) is 13.8 Å². The van der Waals surface area contributed by atoms with Crippen molar-refractivity contribution in [2.24, 2.45) is 0 Å². The molecule has 3 heteroatoms. The zero-order valence-electron chi connectivity index (χ0n) is 7.59. The zero-order valence-corrected chi connectivity index (χ0v) is 7.59. The third-order valence-electron chi connectivity index (χ3n) is 1.80. The lowest BCUT2D eigenvalue weighted by Crippen LogP contribution is -1.99. The van der Waals surface area contributed by atoms with Gasteiger partial charge in [-0.25, -0.2) is 0 Å². The highest BCUT2D eigenvalue weighted by Crippen LogP contribution is 2.21. The molecule has 0 radical (unpaired) electrons. The number of rotatable bonds is 2. The predicted octanol–water partition coefficient (Wildman–Crippen LogP) is 1.20. The van der Waals surface area contributed by atoms with Crippen LogP contribution in [0.3, 0.4) is 0 Å². The van der Waals surface area contributed by atoms with Crippen LogP contribution < -0.4 is 4.74 Å². The highest BCUT2D eigenvalue weighted by atomic mass is 16.5. The van der Waals surface area contributed by atoms with E-state index < -0.39 is 0 Å². The van der Waals surface area contributed by atoms with Crippen LogP contribution in [0.25, 0.3) is 0 Å². The van der Waals surface area contributed by atoms with E-state index in [4.69, 9.17) is 9.84 Å². The molecule has 0 aliphatic heterocycles. The normalized spacial score (nSPS) is 10.0. The first kappa shape index (κ1) is 9.00. The number of aliphatic hydroxyl groups excluding tert-OH is 1. The largest absolute Gasteiger partial charge is 0.496 e. The monoisotopic (exact) mass is 167 g/mol. The van der Waals surface area contributed by atoms with Gasteiger partial charge in [0.05, 0.1) is 13.7 Å². The van der Waals surface area contributed by atoms with Crippen molar-refractivity contribution in [2.75, 3.05) is 7.11 Å². The molecule has 0 saturated carbocycles. The van der Waals surface area contributed by atoms with E-state index in [-0.39, 0.29) is 6.61 Å². The Morgan fingerprint density at radius 2 is 2.17 bits per heavy atom. The van der Waals surface area contributed by atoms with Crippen LogP contribution in [0.15, 0.2) is 6.07 Å². The molecular weight excluding hydrogens is 154 g/mol. The quantitative estimate of drug-likeness (QED) is 0.719. The molecule has 0 aliphatic rings. The summed E-state index contributed by atoms with van der Waals surface area (Å²) in [6.45, 7) is 3.74. The molecule has 0 amide bonds. The van der Waals surface area contributed by atoms with Gasteiger partial charge in [0.15, 0.2) is 0 Å². The van der Waals surface area contributed by atoms with E-state index in [1.807, 2.05) is 19.9 Å². The number of aryl methyl sites for hydroxylation is 2. The van der Waals surface area contributed by atoms with Gasteiger partial charge in [-0.15, -0.1) is 0 Å². The standard InChI is InChI=1S/C9H13NO2/c1-6-4-9(12-3)8(5-11)7(2)10-6/h4,11H,5H2,1-3H3. The second-order valence-corrected chi connectivity index (χ2v) is 2.69. The van der Waals surface area contributed by atoms with Gasteiger partial charge in [0.1, 0.15) is 5.75 Å². The molecule has 3 nitrogen and oxygen atoms in total. The summed E-state index contributed by atoms with van der Waals surface area (Å²) < 4.78 is 5.10. The van der Waals surface area contributed by atoms with E-state index in [0.29, 0.717) is 5.75 Å². The fourth-order valence-corrected chi connectivity index (χ4v) is 1.19. The molecule has 12 heavy (non-hydrogen) atoms. The molecule has 0 fully saturated rings. The molecule has 0 aliphatic carbocycles. The second-order valence-electron chi connectivity index (χ2n) is 2.69. The average Bonchev–Trinajstić information content (AvgIpc) is 2.03. The fourth-order valence-electron chi connectivity index (χ4n) is 1.19. The Balaban J connectivity index is 3.24. The average molecular weight is 167 g/mol. The Bertz CT molecular complexity index is 284. The van der Waals surface area contributed by atoms with E-state index in [0.717, 1.165) is 17.0 Å². The molecule has 0 aromatic carbocycles. The summed E-state index contributed by atoms with van der Waals surface area (Å²) >= 11 is 0. The third-order valence-corrected chi connectivity index (χ3v) is 1.80. The Morgan fingerprint density at radius 1 is 1.50 bits per heavy atom. The van der Waals surface area contributed by atoms with Crippen molar-refractivity contribution < 1.29 is 9.84 Å². The van der Waals surface area contributed by atoms with E-state index in [2.05, 4.69) is 4.98 Å². The summed E-state index contributed by atoms with van der Waals surface area (Å²) in [5.41, 5.74) is 2.50. The fraction of sp³-hybridized carbons (Fsp3) is 0.444. The maximum Gasteiger partial charge on any atom is 0.127 e. The van der Waals surface area contributed by atoms with Gasteiger partial charge in [0, 0.05) is 23.0 Å². The first-order chi connectivity index (χ1) is 5.69. The number of methoxy groups -OCH3 is 1. The van der Waals surface area contributed by atoms with Crippen LogP contribution in [-0.2, 0) is 6.61 Å². The van der Waals surface area contributed by atoms with Crippen LogP contribution in [0.4, 0.5) is 0 Å². The van der Waals surface area contributed by atoms with Crippen molar-refractivity contribution in [3.05, 3.63) is 23.0 Å². The lowest BCUT2D eigenvalue weighted by molar-refractivity contribution is 0.272. The van der Waals surface area contributed by atoms with Gasteiger partial charge in [0.25, 0.3) is 0 Å². The van der Waals surface area contributed by atoms with Crippen LogP contribution in [0.1, 0.15) is 17.0 Å². The molecule has 0 atom stereocenters. The Kier molecular flexibility index (Phi) is 2.65. The van der Waals surface area contributed by atoms with Gasteiger partial charge in [-0.1, -0.05) is 0 Å². The van der Waals surface area contributed by atoms with Gasteiger partial charge < -0.3 is 9.84 Å².